The van der Waals surface area contributed by atoms with E-state index >= 15 is 0 Å². The number of halogens is 1. The minimum absolute atomic E-state index is 0.444. The molecular formula is C24H24ClN5O2. The van der Waals surface area contributed by atoms with Gasteiger partial charge in [-0.15, -0.1) is 0 Å². The van der Waals surface area contributed by atoms with Crippen LogP contribution in [0.1, 0.15) is 30.1 Å². The van der Waals surface area contributed by atoms with Crippen LogP contribution >= 0.6 is 11.6 Å². The maximum absolute atomic E-state index is 9.52. The zero-order valence-electron chi connectivity index (χ0n) is 18.1. The molecule has 0 N–H and O–H groups in total. The summed E-state index contributed by atoms with van der Waals surface area (Å²) in [6.07, 6.45) is 2.28. The highest BCUT2D eigenvalue weighted by Crippen LogP contribution is 2.42. The molecule has 164 valence electrons. The molecule has 1 saturated carbocycles. The number of anilines is 2. The van der Waals surface area contributed by atoms with Crippen molar-refractivity contribution in [2.24, 2.45) is 0 Å². The Kier molecular flexibility index (Phi) is 5.40. The van der Waals surface area contributed by atoms with E-state index in [1.807, 2.05) is 24.3 Å². The normalized spacial score (nSPS) is 16.2. The molecule has 1 saturated heterocycles. The van der Waals surface area contributed by atoms with Crippen molar-refractivity contribution in [3.05, 3.63) is 46.7 Å². The summed E-state index contributed by atoms with van der Waals surface area (Å²) < 4.78 is 11.0. The summed E-state index contributed by atoms with van der Waals surface area (Å²) >= 11 is 6.07. The number of fused-ring (bicyclic) bond motifs is 1. The SMILES string of the molecule is COc1cc2nc(C3CC3)nc(N3CCN(c4ccc(Cl)cc4C#N)CC3)c2cc1OC. The average molecular weight is 450 g/mol. The molecule has 0 unspecified atom stereocenters. The molecule has 1 aliphatic heterocycles. The zero-order valence-corrected chi connectivity index (χ0v) is 18.9. The van der Waals surface area contributed by atoms with E-state index in [2.05, 4.69) is 15.9 Å². The largest absolute Gasteiger partial charge is 0.493 e. The van der Waals surface area contributed by atoms with E-state index in [0.717, 1.165) is 67.3 Å². The minimum atomic E-state index is 0.444. The predicted molar refractivity (Wildman–Crippen MR) is 125 cm³/mol. The predicted octanol–water partition coefficient (Wildman–Crippen LogP) is 4.38. The van der Waals surface area contributed by atoms with Crippen molar-refractivity contribution in [2.45, 2.75) is 18.8 Å². The standard InChI is InChI=1S/C24H24ClN5O2/c1-31-21-12-18-19(13-22(21)32-2)27-23(15-3-4-15)28-24(18)30-9-7-29(8-10-30)20-6-5-17(25)11-16(20)14-26/h5-6,11-13,15H,3-4,7-10H2,1-2H3. The Balaban J connectivity index is 1.48. The number of ether oxygens (including phenoxy) is 2. The molecule has 0 atom stereocenters. The molecule has 1 aromatic heterocycles. The molecular weight excluding hydrogens is 426 g/mol. The van der Waals surface area contributed by atoms with Crippen molar-refractivity contribution < 1.29 is 9.47 Å². The van der Waals surface area contributed by atoms with Crippen LogP contribution in [0.5, 0.6) is 11.5 Å². The Bertz CT molecular complexity index is 1210. The van der Waals surface area contributed by atoms with Gasteiger partial charge in [0.2, 0.25) is 0 Å². The summed E-state index contributed by atoms with van der Waals surface area (Å²) in [5.74, 6) is 3.63. The molecule has 8 heteroatoms. The lowest BCUT2D eigenvalue weighted by Gasteiger charge is -2.37. The second-order valence-corrected chi connectivity index (χ2v) is 8.59. The summed E-state index contributed by atoms with van der Waals surface area (Å²) in [5.41, 5.74) is 2.40. The van der Waals surface area contributed by atoms with E-state index < -0.39 is 0 Å². The summed E-state index contributed by atoms with van der Waals surface area (Å²) in [6, 6.07) is 11.7. The van der Waals surface area contributed by atoms with Gasteiger partial charge in [-0.2, -0.15) is 5.26 Å². The molecule has 1 aliphatic carbocycles. The Morgan fingerprint density at radius 1 is 0.969 bits per heavy atom. The van der Waals surface area contributed by atoms with E-state index in [-0.39, 0.29) is 0 Å². The van der Waals surface area contributed by atoms with Gasteiger partial charge < -0.3 is 19.3 Å². The molecule has 32 heavy (non-hydrogen) atoms. The van der Waals surface area contributed by atoms with Gasteiger partial charge in [0.1, 0.15) is 17.7 Å². The molecule has 2 heterocycles. The molecule has 3 aromatic rings. The molecule has 2 aliphatic rings. The third kappa shape index (κ3) is 3.76. The van der Waals surface area contributed by atoms with Crippen molar-refractivity contribution in [3.63, 3.8) is 0 Å². The smallest absolute Gasteiger partial charge is 0.162 e. The number of hydrogen-bond donors (Lipinski definition) is 0. The lowest BCUT2D eigenvalue weighted by Crippen LogP contribution is -2.47. The molecule has 0 radical (unpaired) electrons. The van der Waals surface area contributed by atoms with Gasteiger partial charge in [-0.05, 0) is 37.1 Å². The first-order chi connectivity index (χ1) is 15.6. The summed E-state index contributed by atoms with van der Waals surface area (Å²) in [4.78, 5) is 14.4. The molecule has 0 bridgehead atoms. The monoisotopic (exact) mass is 449 g/mol. The molecule has 5 rings (SSSR count). The average Bonchev–Trinajstić information content (AvgIpc) is 3.68. The lowest BCUT2D eigenvalue weighted by atomic mass is 10.1. The number of hydrogen-bond acceptors (Lipinski definition) is 7. The van der Waals surface area contributed by atoms with Crippen molar-refractivity contribution in [2.75, 3.05) is 50.2 Å². The van der Waals surface area contributed by atoms with Crippen LogP contribution < -0.4 is 19.3 Å². The summed E-state index contributed by atoms with van der Waals surface area (Å²) in [7, 11) is 3.28. The van der Waals surface area contributed by atoms with E-state index in [9.17, 15) is 5.26 Å². The highest BCUT2D eigenvalue weighted by Gasteiger charge is 2.30. The second-order valence-electron chi connectivity index (χ2n) is 8.15. The van der Waals surface area contributed by atoms with Crippen molar-refractivity contribution in [1.82, 2.24) is 9.97 Å². The van der Waals surface area contributed by atoms with Crippen molar-refractivity contribution in [1.29, 1.82) is 5.26 Å². The van der Waals surface area contributed by atoms with Crippen LogP contribution in [0, 0.1) is 11.3 Å². The van der Waals surface area contributed by atoms with Gasteiger partial charge in [-0.25, -0.2) is 9.97 Å². The lowest BCUT2D eigenvalue weighted by molar-refractivity contribution is 0.355. The molecule has 2 aromatic carbocycles. The highest BCUT2D eigenvalue weighted by atomic mass is 35.5. The van der Waals surface area contributed by atoms with Gasteiger partial charge in [0.25, 0.3) is 0 Å². The number of rotatable bonds is 5. The van der Waals surface area contributed by atoms with Gasteiger partial charge in [0.15, 0.2) is 11.5 Å². The quantitative estimate of drug-likeness (QED) is 0.572. The van der Waals surface area contributed by atoms with Crippen LogP contribution in [0.4, 0.5) is 11.5 Å². The van der Waals surface area contributed by atoms with Crippen LogP contribution in [0.3, 0.4) is 0 Å². The van der Waals surface area contributed by atoms with E-state index in [1.165, 1.54) is 0 Å². The van der Waals surface area contributed by atoms with Gasteiger partial charge >= 0.3 is 0 Å². The maximum Gasteiger partial charge on any atom is 0.162 e. The summed E-state index contributed by atoms with van der Waals surface area (Å²) in [5, 5.41) is 11.1. The molecule has 2 fully saturated rings. The van der Waals surface area contributed by atoms with Gasteiger partial charge in [-0.3, -0.25) is 0 Å². The van der Waals surface area contributed by atoms with Crippen LogP contribution in [-0.2, 0) is 0 Å². The van der Waals surface area contributed by atoms with Crippen LogP contribution in [0.15, 0.2) is 30.3 Å². The molecule has 0 amide bonds. The van der Waals surface area contributed by atoms with Crippen LogP contribution in [0.2, 0.25) is 5.02 Å². The van der Waals surface area contributed by atoms with Gasteiger partial charge in [-0.1, -0.05) is 11.6 Å². The van der Waals surface area contributed by atoms with Crippen LogP contribution in [-0.4, -0.2) is 50.4 Å². The Labute approximate surface area is 192 Å². The Morgan fingerprint density at radius 2 is 1.66 bits per heavy atom. The number of aromatic nitrogens is 2. The first-order valence-corrected chi connectivity index (χ1v) is 11.1. The number of nitriles is 1. The molecule has 7 nitrogen and oxygen atoms in total. The summed E-state index contributed by atoms with van der Waals surface area (Å²) in [6.45, 7) is 3.15. The minimum Gasteiger partial charge on any atom is -0.493 e. The number of nitrogens with zero attached hydrogens (tertiary/aromatic N) is 5. The maximum atomic E-state index is 9.52. The third-order valence-electron chi connectivity index (χ3n) is 6.14. The fraction of sp³-hybridized carbons (Fsp3) is 0.375. The number of piperazine rings is 1. The van der Waals surface area contributed by atoms with Gasteiger partial charge in [0.05, 0.1) is 31.0 Å². The Morgan fingerprint density at radius 3 is 2.31 bits per heavy atom. The fourth-order valence-electron chi connectivity index (χ4n) is 4.25. The zero-order chi connectivity index (χ0) is 22.2. The molecule has 0 spiro atoms. The van der Waals surface area contributed by atoms with E-state index in [0.29, 0.717) is 28.0 Å². The highest BCUT2D eigenvalue weighted by molar-refractivity contribution is 6.30. The first-order valence-electron chi connectivity index (χ1n) is 10.7. The van der Waals surface area contributed by atoms with E-state index in [1.54, 1.807) is 20.3 Å². The van der Waals surface area contributed by atoms with Gasteiger partial charge in [0, 0.05) is 48.6 Å². The number of benzene rings is 2. The van der Waals surface area contributed by atoms with Crippen LogP contribution in [0.25, 0.3) is 10.9 Å². The topological polar surface area (TPSA) is 74.5 Å². The Hall–Kier alpha value is -3.24. The number of methoxy groups -OCH3 is 2. The van der Waals surface area contributed by atoms with Crippen molar-refractivity contribution in [3.8, 4) is 17.6 Å². The first kappa shape index (κ1) is 20.7. The second kappa shape index (κ2) is 8.36. The van der Waals surface area contributed by atoms with Crippen molar-refractivity contribution >= 4 is 34.0 Å². The van der Waals surface area contributed by atoms with E-state index in [4.69, 9.17) is 31.0 Å². The third-order valence-corrected chi connectivity index (χ3v) is 6.37. The fourth-order valence-corrected chi connectivity index (χ4v) is 4.43.